The molecule has 96 valence electrons. The van der Waals surface area contributed by atoms with Crippen molar-refractivity contribution in [3.63, 3.8) is 0 Å². The molecule has 19 heavy (non-hydrogen) atoms. The van der Waals surface area contributed by atoms with Gasteiger partial charge in [0, 0.05) is 18.4 Å². The maximum atomic E-state index is 5.38. The van der Waals surface area contributed by atoms with Crippen LogP contribution in [-0.2, 0) is 7.05 Å². The van der Waals surface area contributed by atoms with Crippen LogP contribution in [0.5, 0.6) is 0 Å². The van der Waals surface area contributed by atoms with Crippen molar-refractivity contribution >= 4 is 32.9 Å². The number of aromatic nitrogens is 1. The fourth-order valence-electron chi connectivity index (χ4n) is 2.01. The van der Waals surface area contributed by atoms with E-state index in [1.54, 1.807) is 11.3 Å². The zero-order chi connectivity index (χ0) is 13.2. The molecule has 0 aliphatic carbocycles. The minimum absolute atomic E-state index is 0.812. The molecule has 3 rings (SSSR count). The summed E-state index contributed by atoms with van der Waals surface area (Å²) in [6.45, 7) is 0. The number of para-hydroxylation sites is 1. The summed E-state index contributed by atoms with van der Waals surface area (Å²) in [6.07, 6.45) is 0. The second-order valence-corrected chi connectivity index (χ2v) is 5.26. The standard InChI is InChI=1S/C14H14N4S/c1-18-12-9-11(16-10-5-3-2-4-6-10)7-8-13(12)19-14(18)17-15/h2-9,16H,15H2,1H3/b17-14+. The number of hydrogen-bond acceptors (Lipinski definition) is 4. The number of anilines is 2. The highest BCUT2D eigenvalue weighted by Gasteiger charge is 2.04. The number of rotatable bonds is 2. The van der Waals surface area contributed by atoms with Gasteiger partial charge in [-0.15, -0.1) is 0 Å². The molecular weight excluding hydrogens is 256 g/mol. The van der Waals surface area contributed by atoms with Gasteiger partial charge in [-0.1, -0.05) is 29.5 Å². The third-order valence-corrected chi connectivity index (χ3v) is 4.11. The molecule has 0 radical (unpaired) electrons. The Labute approximate surface area is 114 Å². The molecule has 1 aromatic heterocycles. The van der Waals surface area contributed by atoms with Crippen LogP contribution in [0.25, 0.3) is 10.2 Å². The summed E-state index contributed by atoms with van der Waals surface area (Å²) in [5.41, 5.74) is 3.24. The molecule has 1 heterocycles. The van der Waals surface area contributed by atoms with Crippen molar-refractivity contribution in [3.05, 3.63) is 53.3 Å². The van der Waals surface area contributed by atoms with Crippen LogP contribution >= 0.6 is 11.3 Å². The molecular formula is C14H14N4S. The van der Waals surface area contributed by atoms with Crippen LogP contribution in [0.4, 0.5) is 11.4 Å². The number of nitrogens with zero attached hydrogens (tertiary/aromatic N) is 2. The van der Waals surface area contributed by atoms with Gasteiger partial charge in [-0.05, 0) is 30.3 Å². The fourth-order valence-corrected chi connectivity index (χ4v) is 2.94. The minimum atomic E-state index is 0.812. The average molecular weight is 270 g/mol. The average Bonchev–Trinajstić information content (AvgIpc) is 2.77. The molecule has 0 aliphatic heterocycles. The Kier molecular flexibility index (Phi) is 2.97. The summed E-state index contributed by atoms with van der Waals surface area (Å²) in [6, 6.07) is 16.4. The predicted molar refractivity (Wildman–Crippen MR) is 80.3 cm³/mol. The van der Waals surface area contributed by atoms with Crippen molar-refractivity contribution in [3.8, 4) is 0 Å². The molecule has 0 saturated carbocycles. The Morgan fingerprint density at radius 3 is 2.63 bits per heavy atom. The van der Waals surface area contributed by atoms with Crippen molar-refractivity contribution in [2.24, 2.45) is 18.0 Å². The van der Waals surface area contributed by atoms with Crippen LogP contribution in [-0.4, -0.2) is 4.57 Å². The van der Waals surface area contributed by atoms with Crippen LogP contribution in [0.1, 0.15) is 0 Å². The molecule has 0 spiro atoms. The van der Waals surface area contributed by atoms with Gasteiger partial charge in [-0.3, -0.25) is 0 Å². The molecule has 0 amide bonds. The fraction of sp³-hybridized carbons (Fsp3) is 0.0714. The molecule has 0 unspecified atom stereocenters. The zero-order valence-corrected chi connectivity index (χ0v) is 11.3. The summed E-state index contributed by atoms with van der Waals surface area (Å²) in [4.78, 5) is 0.812. The molecule has 0 aliphatic rings. The van der Waals surface area contributed by atoms with Crippen LogP contribution in [0, 0.1) is 0 Å². The largest absolute Gasteiger partial charge is 0.355 e. The van der Waals surface area contributed by atoms with E-state index in [-0.39, 0.29) is 0 Å². The number of aryl methyl sites for hydroxylation is 1. The summed E-state index contributed by atoms with van der Waals surface area (Å²) in [5.74, 6) is 5.38. The molecule has 2 aromatic carbocycles. The van der Waals surface area contributed by atoms with Gasteiger partial charge in [0.25, 0.3) is 0 Å². The first-order chi connectivity index (χ1) is 9.28. The van der Waals surface area contributed by atoms with E-state index in [1.165, 1.54) is 4.70 Å². The van der Waals surface area contributed by atoms with Crippen LogP contribution < -0.4 is 16.0 Å². The second-order valence-electron chi connectivity index (χ2n) is 4.25. The highest BCUT2D eigenvalue weighted by atomic mass is 32.1. The maximum absolute atomic E-state index is 5.38. The Morgan fingerprint density at radius 1 is 1.11 bits per heavy atom. The summed E-state index contributed by atoms with van der Waals surface area (Å²) >= 11 is 1.58. The lowest BCUT2D eigenvalue weighted by atomic mass is 10.2. The lowest BCUT2D eigenvalue weighted by molar-refractivity contribution is 0.888. The first kappa shape index (κ1) is 11.8. The first-order valence-corrected chi connectivity index (χ1v) is 6.75. The molecule has 3 aromatic rings. The van der Waals surface area contributed by atoms with Crippen molar-refractivity contribution in [2.75, 3.05) is 5.32 Å². The number of benzene rings is 2. The van der Waals surface area contributed by atoms with Gasteiger partial charge in [0.2, 0.25) is 4.80 Å². The van der Waals surface area contributed by atoms with Gasteiger partial charge in [-0.25, -0.2) is 0 Å². The lowest BCUT2D eigenvalue weighted by Gasteiger charge is -2.06. The molecule has 0 atom stereocenters. The highest BCUT2D eigenvalue weighted by Crippen LogP contribution is 2.23. The Balaban J connectivity index is 2.04. The molecule has 5 heteroatoms. The van der Waals surface area contributed by atoms with Crippen molar-refractivity contribution in [1.82, 2.24) is 4.57 Å². The molecule has 0 bridgehead atoms. The zero-order valence-electron chi connectivity index (χ0n) is 10.5. The normalized spacial score (nSPS) is 11.9. The number of fused-ring (bicyclic) bond motifs is 1. The van der Waals surface area contributed by atoms with Gasteiger partial charge in [-0.2, -0.15) is 5.10 Å². The van der Waals surface area contributed by atoms with Crippen LogP contribution in [0.2, 0.25) is 0 Å². The van der Waals surface area contributed by atoms with Crippen molar-refractivity contribution < 1.29 is 0 Å². The SMILES string of the molecule is Cn1/c(=N\N)sc2ccc(Nc3ccccc3)cc21. The van der Waals surface area contributed by atoms with E-state index in [4.69, 9.17) is 5.84 Å². The van der Waals surface area contributed by atoms with Crippen LogP contribution in [0.15, 0.2) is 53.6 Å². The number of hydrogen-bond donors (Lipinski definition) is 2. The topological polar surface area (TPSA) is 55.3 Å². The summed E-state index contributed by atoms with van der Waals surface area (Å²) in [5, 5.41) is 7.16. The highest BCUT2D eigenvalue weighted by molar-refractivity contribution is 7.16. The Bertz CT molecular complexity index is 771. The van der Waals surface area contributed by atoms with E-state index in [0.717, 1.165) is 21.7 Å². The van der Waals surface area contributed by atoms with Gasteiger partial charge in [0.05, 0.1) is 10.2 Å². The van der Waals surface area contributed by atoms with E-state index in [0.29, 0.717) is 0 Å². The predicted octanol–water partition coefficient (Wildman–Crippen LogP) is 2.76. The second kappa shape index (κ2) is 4.78. The number of nitrogens with one attached hydrogen (secondary N) is 1. The molecule has 0 fully saturated rings. The van der Waals surface area contributed by atoms with Gasteiger partial charge < -0.3 is 15.7 Å². The van der Waals surface area contributed by atoms with E-state index in [2.05, 4.69) is 28.6 Å². The Hall–Kier alpha value is -2.27. The van der Waals surface area contributed by atoms with Crippen LogP contribution in [0.3, 0.4) is 0 Å². The number of nitrogens with two attached hydrogens (primary N) is 1. The quantitative estimate of drug-likeness (QED) is 0.555. The molecule has 4 nitrogen and oxygen atoms in total. The van der Waals surface area contributed by atoms with Crippen molar-refractivity contribution in [2.45, 2.75) is 0 Å². The smallest absolute Gasteiger partial charge is 0.208 e. The summed E-state index contributed by atoms with van der Waals surface area (Å²) < 4.78 is 3.17. The third kappa shape index (κ3) is 2.20. The van der Waals surface area contributed by atoms with E-state index in [9.17, 15) is 0 Å². The molecule has 3 N–H and O–H groups in total. The maximum Gasteiger partial charge on any atom is 0.208 e. The van der Waals surface area contributed by atoms with E-state index >= 15 is 0 Å². The minimum Gasteiger partial charge on any atom is -0.355 e. The first-order valence-electron chi connectivity index (χ1n) is 5.93. The van der Waals surface area contributed by atoms with Gasteiger partial charge in [0.1, 0.15) is 0 Å². The monoisotopic (exact) mass is 270 g/mol. The lowest BCUT2D eigenvalue weighted by Crippen LogP contribution is -2.12. The van der Waals surface area contributed by atoms with Gasteiger partial charge >= 0.3 is 0 Å². The summed E-state index contributed by atoms with van der Waals surface area (Å²) in [7, 11) is 1.97. The van der Waals surface area contributed by atoms with Crippen molar-refractivity contribution in [1.29, 1.82) is 0 Å². The third-order valence-electron chi connectivity index (χ3n) is 2.98. The van der Waals surface area contributed by atoms with E-state index < -0.39 is 0 Å². The Morgan fingerprint density at radius 2 is 1.89 bits per heavy atom. The molecule has 0 saturated heterocycles. The van der Waals surface area contributed by atoms with E-state index in [1.807, 2.05) is 41.9 Å². The van der Waals surface area contributed by atoms with Gasteiger partial charge in [0.15, 0.2) is 0 Å². The number of thiazole rings is 1.